The predicted molar refractivity (Wildman–Crippen MR) is 81.7 cm³/mol. The molecule has 1 unspecified atom stereocenters. The minimum absolute atomic E-state index is 0.226. The molecular weight excluding hydrogens is 270 g/mol. The van der Waals surface area contributed by atoms with Crippen molar-refractivity contribution in [2.24, 2.45) is 5.92 Å². The highest BCUT2D eigenvalue weighted by Gasteiger charge is 2.24. The van der Waals surface area contributed by atoms with Gasteiger partial charge in [-0.3, -0.25) is 9.69 Å². The molecule has 1 aromatic rings. The number of likely N-dealkylation sites (tertiary alicyclic amines) is 1. The maximum Gasteiger partial charge on any atom is 0.187 e. The molecule has 1 aliphatic heterocycles. The molecular formula is C15H23N3OS. The summed E-state index contributed by atoms with van der Waals surface area (Å²) in [5, 5.41) is 0.842. The molecule has 0 saturated carbocycles. The number of thioether (sulfide) groups is 1. The molecule has 0 radical (unpaired) electrons. The van der Waals surface area contributed by atoms with Crippen molar-refractivity contribution in [3.8, 4) is 0 Å². The zero-order chi connectivity index (χ0) is 14.4. The average Bonchev–Trinajstić information content (AvgIpc) is 2.49. The van der Waals surface area contributed by atoms with Crippen molar-refractivity contribution in [3.63, 3.8) is 0 Å². The van der Waals surface area contributed by atoms with Crippen LogP contribution in [0, 0.1) is 5.92 Å². The Labute approximate surface area is 125 Å². The number of rotatable bonds is 6. The van der Waals surface area contributed by atoms with Crippen molar-refractivity contribution in [1.29, 1.82) is 0 Å². The van der Waals surface area contributed by atoms with Gasteiger partial charge in [0.1, 0.15) is 5.78 Å². The van der Waals surface area contributed by atoms with E-state index in [4.69, 9.17) is 0 Å². The van der Waals surface area contributed by atoms with Crippen molar-refractivity contribution >= 4 is 17.5 Å². The largest absolute Gasteiger partial charge is 0.299 e. The third kappa shape index (κ3) is 4.28. The predicted octanol–water partition coefficient (Wildman–Crippen LogP) is 2.78. The SMILES string of the molecule is CCSc1ncc(CN2CCCC(C(=O)CC)C2)cn1. The lowest BCUT2D eigenvalue weighted by Gasteiger charge is -2.31. The van der Waals surface area contributed by atoms with E-state index in [-0.39, 0.29) is 5.92 Å². The van der Waals surface area contributed by atoms with E-state index < -0.39 is 0 Å². The fraction of sp³-hybridized carbons (Fsp3) is 0.667. The molecule has 0 N–H and O–H groups in total. The smallest absolute Gasteiger partial charge is 0.187 e. The fourth-order valence-corrected chi connectivity index (χ4v) is 3.15. The number of nitrogens with zero attached hydrogens (tertiary/aromatic N) is 3. The molecule has 20 heavy (non-hydrogen) atoms. The van der Waals surface area contributed by atoms with Crippen LogP contribution >= 0.6 is 11.8 Å². The van der Waals surface area contributed by atoms with Crippen LogP contribution < -0.4 is 0 Å². The maximum absolute atomic E-state index is 11.8. The van der Waals surface area contributed by atoms with Gasteiger partial charge in [-0.1, -0.05) is 25.6 Å². The first-order chi connectivity index (χ1) is 9.72. The molecule has 1 aliphatic rings. The molecule has 0 spiro atoms. The van der Waals surface area contributed by atoms with Crippen LogP contribution in [0.4, 0.5) is 0 Å². The van der Waals surface area contributed by atoms with Gasteiger partial charge in [0.15, 0.2) is 5.16 Å². The van der Waals surface area contributed by atoms with Crippen LogP contribution in [-0.2, 0) is 11.3 Å². The highest BCUT2D eigenvalue weighted by atomic mass is 32.2. The summed E-state index contributed by atoms with van der Waals surface area (Å²) in [5.41, 5.74) is 1.13. The quantitative estimate of drug-likeness (QED) is 0.596. The van der Waals surface area contributed by atoms with Gasteiger partial charge < -0.3 is 0 Å². The van der Waals surface area contributed by atoms with Crippen LogP contribution in [0.5, 0.6) is 0 Å². The van der Waals surface area contributed by atoms with Crippen LogP contribution in [0.25, 0.3) is 0 Å². The van der Waals surface area contributed by atoms with Gasteiger partial charge in [-0.25, -0.2) is 9.97 Å². The standard InChI is InChI=1S/C15H23N3OS/c1-3-14(19)13-6-5-7-18(11-13)10-12-8-16-15(17-9-12)20-4-2/h8-9,13H,3-7,10-11H2,1-2H3. The molecule has 1 aromatic heterocycles. The Morgan fingerprint density at radius 3 is 2.80 bits per heavy atom. The first-order valence-electron chi connectivity index (χ1n) is 7.41. The van der Waals surface area contributed by atoms with Crippen molar-refractivity contribution < 1.29 is 4.79 Å². The van der Waals surface area contributed by atoms with Crippen LogP contribution in [0.15, 0.2) is 17.6 Å². The number of hydrogen-bond acceptors (Lipinski definition) is 5. The summed E-state index contributed by atoms with van der Waals surface area (Å²) >= 11 is 1.66. The van der Waals surface area contributed by atoms with E-state index in [0.29, 0.717) is 12.2 Å². The van der Waals surface area contributed by atoms with E-state index in [9.17, 15) is 4.79 Å². The Balaban J connectivity index is 1.90. The third-order valence-electron chi connectivity index (χ3n) is 3.67. The van der Waals surface area contributed by atoms with Gasteiger partial charge >= 0.3 is 0 Å². The van der Waals surface area contributed by atoms with Gasteiger partial charge in [0.25, 0.3) is 0 Å². The lowest BCUT2D eigenvalue weighted by Crippen LogP contribution is -2.38. The second-order valence-corrected chi connectivity index (χ2v) is 6.43. The van der Waals surface area contributed by atoms with Crippen LogP contribution in [0.2, 0.25) is 0 Å². The summed E-state index contributed by atoms with van der Waals surface area (Å²) in [6.07, 6.45) is 6.64. The van der Waals surface area contributed by atoms with Crippen molar-refractivity contribution in [3.05, 3.63) is 18.0 Å². The number of carbonyl (C=O) groups excluding carboxylic acids is 1. The molecule has 1 fully saturated rings. The lowest BCUT2D eigenvalue weighted by atomic mass is 9.92. The van der Waals surface area contributed by atoms with Crippen LogP contribution in [-0.4, -0.2) is 39.5 Å². The Bertz CT molecular complexity index is 435. The Morgan fingerprint density at radius 2 is 2.15 bits per heavy atom. The van der Waals surface area contributed by atoms with Gasteiger partial charge in [0.05, 0.1) is 0 Å². The number of piperidine rings is 1. The van der Waals surface area contributed by atoms with Gasteiger partial charge in [-0.15, -0.1) is 0 Å². The third-order valence-corrected chi connectivity index (χ3v) is 4.43. The number of hydrogen-bond donors (Lipinski definition) is 0. The molecule has 0 aromatic carbocycles. The number of ketones is 1. The topological polar surface area (TPSA) is 46.1 Å². The van der Waals surface area contributed by atoms with Gasteiger partial charge in [0.2, 0.25) is 0 Å². The fourth-order valence-electron chi connectivity index (χ4n) is 2.64. The summed E-state index contributed by atoms with van der Waals surface area (Å²) < 4.78 is 0. The monoisotopic (exact) mass is 293 g/mol. The summed E-state index contributed by atoms with van der Waals surface area (Å²) in [6, 6.07) is 0. The molecule has 0 aliphatic carbocycles. The van der Waals surface area contributed by atoms with E-state index >= 15 is 0 Å². The van der Waals surface area contributed by atoms with E-state index in [1.807, 2.05) is 19.3 Å². The van der Waals surface area contributed by atoms with Crippen LogP contribution in [0.3, 0.4) is 0 Å². The number of carbonyl (C=O) groups is 1. The van der Waals surface area contributed by atoms with E-state index in [1.165, 1.54) is 0 Å². The minimum atomic E-state index is 0.226. The zero-order valence-corrected chi connectivity index (χ0v) is 13.2. The molecule has 110 valence electrons. The average molecular weight is 293 g/mol. The summed E-state index contributed by atoms with van der Waals surface area (Å²) in [5.74, 6) is 1.62. The molecule has 1 saturated heterocycles. The first kappa shape index (κ1) is 15.4. The minimum Gasteiger partial charge on any atom is -0.299 e. The van der Waals surface area contributed by atoms with E-state index in [2.05, 4.69) is 21.8 Å². The molecule has 0 amide bonds. The first-order valence-corrected chi connectivity index (χ1v) is 8.40. The summed E-state index contributed by atoms with van der Waals surface area (Å²) in [7, 11) is 0. The number of Topliss-reactive ketones (excluding diaryl/α,β-unsaturated/α-hetero) is 1. The summed E-state index contributed by atoms with van der Waals surface area (Å²) in [4.78, 5) is 22.9. The number of aromatic nitrogens is 2. The Morgan fingerprint density at radius 1 is 1.40 bits per heavy atom. The molecule has 2 heterocycles. The highest BCUT2D eigenvalue weighted by molar-refractivity contribution is 7.99. The molecule has 0 bridgehead atoms. The second kappa shape index (κ2) is 7.74. The van der Waals surface area contributed by atoms with E-state index in [1.54, 1.807) is 11.8 Å². The van der Waals surface area contributed by atoms with Crippen molar-refractivity contribution in [2.45, 2.75) is 44.8 Å². The zero-order valence-electron chi connectivity index (χ0n) is 12.3. The molecule has 1 atom stereocenters. The van der Waals surface area contributed by atoms with E-state index in [0.717, 1.165) is 48.9 Å². The second-order valence-electron chi connectivity index (χ2n) is 5.20. The summed E-state index contributed by atoms with van der Waals surface area (Å²) in [6.45, 7) is 6.86. The van der Waals surface area contributed by atoms with Crippen molar-refractivity contribution in [2.75, 3.05) is 18.8 Å². The maximum atomic E-state index is 11.8. The van der Waals surface area contributed by atoms with Crippen molar-refractivity contribution in [1.82, 2.24) is 14.9 Å². The van der Waals surface area contributed by atoms with Gasteiger partial charge in [-0.05, 0) is 25.1 Å². The Hall–Kier alpha value is -0.940. The van der Waals surface area contributed by atoms with Gasteiger partial charge in [-0.2, -0.15) is 0 Å². The van der Waals surface area contributed by atoms with Gasteiger partial charge in [0, 0.05) is 43.4 Å². The molecule has 2 rings (SSSR count). The lowest BCUT2D eigenvalue weighted by molar-refractivity contribution is -0.124. The highest BCUT2D eigenvalue weighted by Crippen LogP contribution is 2.20. The Kier molecular flexibility index (Phi) is 5.98. The molecule has 4 nitrogen and oxygen atoms in total. The normalized spacial score (nSPS) is 20.0. The molecule has 5 heteroatoms. The van der Waals surface area contributed by atoms with Crippen LogP contribution in [0.1, 0.15) is 38.7 Å².